The number of hydrogen-bond donors (Lipinski definition) is 0. The smallest absolute Gasteiger partial charge is 0.341 e. The van der Waals surface area contributed by atoms with E-state index in [0.717, 1.165) is 5.56 Å². The second kappa shape index (κ2) is 7.49. The summed E-state index contributed by atoms with van der Waals surface area (Å²) in [6.45, 7) is 13.2. The van der Waals surface area contributed by atoms with Crippen LogP contribution in [0, 0.1) is 0 Å². The Hall–Kier alpha value is -1.33. The highest BCUT2D eigenvalue weighted by Crippen LogP contribution is 2.37. The molecule has 1 aromatic carbocycles. The van der Waals surface area contributed by atoms with Gasteiger partial charge in [0.1, 0.15) is 11.3 Å². The van der Waals surface area contributed by atoms with E-state index >= 15 is 0 Å². The fraction of sp³-hybridized carbons (Fsp3) is 0.611. The lowest BCUT2D eigenvalue weighted by Gasteiger charge is -2.38. The van der Waals surface area contributed by atoms with Crippen LogP contribution in [0.3, 0.4) is 0 Å². The maximum absolute atomic E-state index is 12.1. The summed E-state index contributed by atoms with van der Waals surface area (Å²) in [5.41, 5.74) is 1.38. The van der Waals surface area contributed by atoms with Gasteiger partial charge >= 0.3 is 5.97 Å². The van der Waals surface area contributed by atoms with E-state index in [9.17, 15) is 4.79 Å². The molecule has 0 aliphatic heterocycles. The maximum atomic E-state index is 12.1. The van der Waals surface area contributed by atoms with Gasteiger partial charge in [-0.25, -0.2) is 4.79 Å². The molecule has 1 atom stereocenters. The highest BCUT2D eigenvalue weighted by molar-refractivity contribution is 6.74. The molecule has 0 aromatic heterocycles. The van der Waals surface area contributed by atoms with Crippen LogP contribution in [0.15, 0.2) is 18.2 Å². The SMILES string of the molecule is COC(=O)c1c(CC(C)O[Si](C)(C)C(C)(C)C)cccc1OC. The summed E-state index contributed by atoms with van der Waals surface area (Å²) in [6.07, 6.45) is 0.667. The van der Waals surface area contributed by atoms with Crippen LogP contribution in [-0.2, 0) is 15.6 Å². The fourth-order valence-corrected chi connectivity index (χ4v) is 3.72. The molecule has 0 N–H and O–H groups in total. The minimum Gasteiger partial charge on any atom is -0.496 e. The molecule has 5 heteroatoms. The van der Waals surface area contributed by atoms with E-state index in [0.29, 0.717) is 17.7 Å². The van der Waals surface area contributed by atoms with Gasteiger partial charge in [-0.15, -0.1) is 0 Å². The molecule has 0 fully saturated rings. The number of benzene rings is 1. The molecule has 4 nitrogen and oxygen atoms in total. The van der Waals surface area contributed by atoms with Gasteiger partial charge in [-0.05, 0) is 43.1 Å². The number of carbonyl (C=O) groups excluding carboxylic acids is 1. The molecule has 1 unspecified atom stereocenters. The van der Waals surface area contributed by atoms with Crippen molar-refractivity contribution in [3.63, 3.8) is 0 Å². The molecule has 0 aliphatic rings. The van der Waals surface area contributed by atoms with Crippen LogP contribution in [0.2, 0.25) is 18.1 Å². The van der Waals surface area contributed by atoms with E-state index in [1.54, 1.807) is 13.2 Å². The third-order valence-electron chi connectivity index (χ3n) is 4.53. The molecule has 130 valence electrons. The van der Waals surface area contributed by atoms with E-state index in [2.05, 4.69) is 40.8 Å². The Morgan fingerprint density at radius 2 is 1.83 bits per heavy atom. The third kappa shape index (κ3) is 4.82. The number of methoxy groups -OCH3 is 2. The molecule has 0 heterocycles. The summed E-state index contributed by atoms with van der Waals surface area (Å²) in [6, 6.07) is 5.59. The summed E-state index contributed by atoms with van der Waals surface area (Å²) in [7, 11) is 1.10. The molecule has 1 aromatic rings. The molecule has 23 heavy (non-hydrogen) atoms. The van der Waals surface area contributed by atoms with Gasteiger partial charge in [0, 0.05) is 6.10 Å². The standard InChI is InChI=1S/C18H30O4Si/c1-13(22-23(7,8)18(2,3)4)12-14-10-9-11-15(20-5)16(14)17(19)21-6/h9-11,13H,12H2,1-8H3. The monoisotopic (exact) mass is 338 g/mol. The Bertz CT molecular complexity index is 546. The first kappa shape index (κ1) is 19.7. The average Bonchev–Trinajstić information content (AvgIpc) is 2.44. The third-order valence-corrected chi connectivity index (χ3v) is 9.14. The van der Waals surface area contributed by atoms with Crippen molar-refractivity contribution >= 4 is 14.3 Å². The van der Waals surface area contributed by atoms with Gasteiger partial charge in [-0.3, -0.25) is 0 Å². The summed E-state index contributed by atoms with van der Waals surface area (Å²) >= 11 is 0. The molecule has 0 spiro atoms. The summed E-state index contributed by atoms with van der Waals surface area (Å²) in [5, 5.41) is 0.154. The van der Waals surface area contributed by atoms with Crippen molar-refractivity contribution in [3.8, 4) is 5.75 Å². The molecule has 0 saturated carbocycles. The zero-order chi connectivity index (χ0) is 17.8. The molecular weight excluding hydrogens is 308 g/mol. The quantitative estimate of drug-likeness (QED) is 0.568. The Morgan fingerprint density at radius 1 is 1.22 bits per heavy atom. The topological polar surface area (TPSA) is 44.8 Å². The van der Waals surface area contributed by atoms with Gasteiger partial charge in [-0.1, -0.05) is 32.9 Å². The van der Waals surface area contributed by atoms with Gasteiger partial charge in [0.15, 0.2) is 8.32 Å². The Morgan fingerprint density at radius 3 is 2.30 bits per heavy atom. The van der Waals surface area contributed by atoms with Crippen LogP contribution in [0.25, 0.3) is 0 Å². The Labute approximate surface area is 141 Å². The van der Waals surface area contributed by atoms with Crippen LogP contribution in [0.4, 0.5) is 0 Å². The molecule has 0 aliphatic carbocycles. The lowest BCUT2D eigenvalue weighted by atomic mass is 10.0. The first-order chi connectivity index (χ1) is 10.5. The van der Waals surface area contributed by atoms with Crippen LogP contribution < -0.4 is 4.74 Å². The van der Waals surface area contributed by atoms with Crippen molar-refractivity contribution in [2.75, 3.05) is 14.2 Å². The maximum Gasteiger partial charge on any atom is 0.341 e. The van der Waals surface area contributed by atoms with Crippen molar-refractivity contribution in [1.82, 2.24) is 0 Å². The van der Waals surface area contributed by atoms with Gasteiger partial charge in [0.05, 0.1) is 14.2 Å². The van der Waals surface area contributed by atoms with Gasteiger partial charge in [0.25, 0.3) is 0 Å². The lowest BCUT2D eigenvalue weighted by molar-refractivity contribution is 0.0595. The number of esters is 1. The van der Waals surface area contributed by atoms with E-state index in [1.807, 2.05) is 12.1 Å². The van der Waals surface area contributed by atoms with E-state index in [1.165, 1.54) is 7.11 Å². The van der Waals surface area contributed by atoms with Crippen molar-refractivity contribution in [2.45, 2.75) is 58.4 Å². The molecule has 0 amide bonds. The Balaban J connectivity index is 3.03. The fourth-order valence-electron chi connectivity index (χ4n) is 2.28. The molecule has 0 bridgehead atoms. The van der Waals surface area contributed by atoms with E-state index in [-0.39, 0.29) is 17.1 Å². The first-order valence-corrected chi connectivity index (χ1v) is 10.9. The predicted molar refractivity (Wildman–Crippen MR) is 95.8 cm³/mol. The second-order valence-electron chi connectivity index (χ2n) is 7.38. The summed E-state index contributed by atoms with van der Waals surface area (Å²) in [4.78, 5) is 12.1. The minimum atomic E-state index is -1.84. The van der Waals surface area contributed by atoms with Crippen LogP contribution in [0.1, 0.15) is 43.6 Å². The summed E-state index contributed by atoms with van der Waals surface area (Å²) in [5.74, 6) is 0.158. The minimum absolute atomic E-state index is 0.0198. The van der Waals surface area contributed by atoms with E-state index < -0.39 is 8.32 Å². The van der Waals surface area contributed by atoms with Crippen molar-refractivity contribution in [3.05, 3.63) is 29.3 Å². The van der Waals surface area contributed by atoms with Crippen LogP contribution in [0.5, 0.6) is 5.75 Å². The summed E-state index contributed by atoms with van der Waals surface area (Å²) < 4.78 is 16.6. The zero-order valence-corrected chi connectivity index (χ0v) is 16.6. The lowest BCUT2D eigenvalue weighted by Crippen LogP contribution is -2.43. The Kier molecular flexibility index (Phi) is 6.42. The highest BCUT2D eigenvalue weighted by Gasteiger charge is 2.38. The molecule has 0 radical (unpaired) electrons. The number of carbonyl (C=O) groups is 1. The van der Waals surface area contributed by atoms with Gasteiger partial charge < -0.3 is 13.9 Å². The number of rotatable bonds is 6. The van der Waals surface area contributed by atoms with Crippen molar-refractivity contribution < 1.29 is 18.7 Å². The average molecular weight is 339 g/mol. The molecule has 0 saturated heterocycles. The second-order valence-corrected chi connectivity index (χ2v) is 12.1. The van der Waals surface area contributed by atoms with Crippen molar-refractivity contribution in [2.24, 2.45) is 0 Å². The molecule has 1 rings (SSSR count). The van der Waals surface area contributed by atoms with E-state index in [4.69, 9.17) is 13.9 Å². The largest absolute Gasteiger partial charge is 0.496 e. The molecular formula is C18H30O4Si. The van der Waals surface area contributed by atoms with Gasteiger partial charge in [-0.2, -0.15) is 0 Å². The number of ether oxygens (including phenoxy) is 2. The normalized spacial score (nSPS) is 13.6. The highest BCUT2D eigenvalue weighted by atomic mass is 28.4. The van der Waals surface area contributed by atoms with Gasteiger partial charge in [0.2, 0.25) is 0 Å². The first-order valence-electron chi connectivity index (χ1n) is 7.95. The number of hydrogen-bond acceptors (Lipinski definition) is 4. The zero-order valence-electron chi connectivity index (χ0n) is 15.6. The predicted octanol–water partition coefficient (Wildman–Crippen LogP) is 4.43. The van der Waals surface area contributed by atoms with Crippen molar-refractivity contribution in [1.29, 1.82) is 0 Å². The van der Waals surface area contributed by atoms with Crippen LogP contribution >= 0.6 is 0 Å². The van der Waals surface area contributed by atoms with Crippen LogP contribution in [-0.4, -0.2) is 34.6 Å².